The SMILES string of the molecule is CCCOc1ccc2ccccc2c1C=c1sc2nc3ccccc3n2c1=O. The van der Waals surface area contributed by atoms with Crippen molar-refractivity contribution in [2.45, 2.75) is 13.3 Å². The first-order valence-corrected chi connectivity index (χ1v) is 10.1. The molecule has 5 heteroatoms. The van der Waals surface area contributed by atoms with Crippen LogP contribution in [0.3, 0.4) is 0 Å². The van der Waals surface area contributed by atoms with Crippen LogP contribution in [0, 0.1) is 0 Å². The molecule has 0 aliphatic heterocycles. The summed E-state index contributed by atoms with van der Waals surface area (Å²) < 4.78 is 8.34. The van der Waals surface area contributed by atoms with Crippen LogP contribution in [0.2, 0.25) is 0 Å². The molecule has 3 aromatic carbocycles. The lowest BCUT2D eigenvalue weighted by Crippen LogP contribution is -2.22. The summed E-state index contributed by atoms with van der Waals surface area (Å²) in [7, 11) is 0. The van der Waals surface area contributed by atoms with Gasteiger partial charge in [0.1, 0.15) is 5.75 Å². The Morgan fingerprint density at radius 3 is 2.79 bits per heavy atom. The van der Waals surface area contributed by atoms with E-state index in [1.807, 2.05) is 48.5 Å². The monoisotopic (exact) mass is 386 g/mol. The molecule has 5 aromatic rings. The summed E-state index contributed by atoms with van der Waals surface area (Å²) in [6.07, 6.45) is 2.88. The Kier molecular flexibility index (Phi) is 4.10. The van der Waals surface area contributed by atoms with E-state index in [-0.39, 0.29) is 5.56 Å². The fraction of sp³-hybridized carbons (Fsp3) is 0.130. The van der Waals surface area contributed by atoms with Crippen molar-refractivity contribution in [2.75, 3.05) is 6.61 Å². The number of hydrogen-bond acceptors (Lipinski definition) is 4. The van der Waals surface area contributed by atoms with Gasteiger partial charge in [0.05, 0.1) is 22.2 Å². The quantitative estimate of drug-likeness (QED) is 0.460. The lowest BCUT2D eigenvalue weighted by Gasteiger charge is -2.11. The molecule has 0 unspecified atom stereocenters. The Labute approximate surface area is 165 Å². The van der Waals surface area contributed by atoms with Gasteiger partial charge in [-0.1, -0.05) is 60.7 Å². The molecule has 0 spiro atoms. The molecule has 2 heterocycles. The molecule has 2 aromatic heterocycles. The third kappa shape index (κ3) is 2.67. The first-order chi connectivity index (χ1) is 13.8. The minimum Gasteiger partial charge on any atom is -0.493 e. The molecule has 0 bridgehead atoms. The second-order valence-electron chi connectivity index (χ2n) is 6.68. The van der Waals surface area contributed by atoms with Crippen molar-refractivity contribution in [3.63, 3.8) is 0 Å². The molecule has 0 radical (unpaired) electrons. The fourth-order valence-electron chi connectivity index (χ4n) is 3.51. The van der Waals surface area contributed by atoms with Crippen molar-refractivity contribution in [3.05, 3.63) is 81.1 Å². The Hall–Kier alpha value is -3.18. The van der Waals surface area contributed by atoms with Gasteiger partial charge in [-0.25, -0.2) is 9.38 Å². The average Bonchev–Trinajstić information content (AvgIpc) is 3.23. The van der Waals surface area contributed by atoms with Crippen molar-refractivity contribution < 1.29 is 4.74 Å². The Balaban J connectivity index is 1.80. The summed E-state index contributed by atoms with van der Waals surface area (Å²) in [5.41, 5.74) is 2.59. The third-order valence-corrected chi connectivity index (χ3v) is 5.78. The van der Waals surface area contributed by atoms with E-state index >= 15 is 0 Å². The molecule has 4 nitrogen and oxygen atoms in total. The minimum atomic E-state index is -0.0388. The van der Waals surface area contributed by atoms with Crippen molar-refractivity contribution in [1.82, 2.24) is 9.38 Å². The second kappa shape index (κ2) is 6.77. The van der Waals surface area contributed by atoms with Crippen LogP contribution >= 0.6 is 11.3 Å². The number of rotatable bonds is 4. The van der Waals surface area contributed by atoms with Crippen molar-refractivity contribution in [3.8, 4) is 5.75 Å². The number of para-hydroxylation sites is 2. The van der Waals surface area contributed by atoms with E-state index < -0.39 is 0 Å². The number of imidazole rings is 1. The number of ether oxygens (including phenoxy) is 1. The van der Waals surface area contributed by atoms with Gasteiger partial charge < -0.3 is 4.74 Å². The maximum atomic E-state index is 13.1. The van der Waals surface area contributed by atoms with Crippen LogP contribution in [-0.2, 0) is 0 Å². The number of thiazole rings is 1. The number of nitrogens with zero attached hydrogens (tertiary/aromatic N) is 2. The van der Waals surface area contributed by atoms with Gasteiger partial charge >= 0.3 is 0 Å². The predicted octanol–water partition coefficient (Wildman–Crippen LogP) is 4.40. The largest absolute Gasteiger partial charge is 0.493 e. The zero-order valence-electron chi connectivity index (χ0n) is 15.4. The highest BCUT2D eigenvalue weighted by Gasteiger charge is 2.12. The molecule has 0 saturated heterocycles. The molecular formula is C23H18N2O2S. The van der Waals surface area contributed by atoms with Gasteiger partial charge in [0.15, 0.2) is 4.96 Å². The van der Waals surface area contributed by atoms with Crippen molar-refractivity contribution >= 4 is 44.2 Å². The highest BCUT2D eigenvalue weighted by atomic mass is 32.1. The average molecular weight is 386 g/mol. The molecule has 0 atom stereocenters. The third-order valence-electron chi connectivity index (χ3n) is 4.81. The zero-order chi connectivity index (χ0) is 19.1. The van der Waals surface area contributed by atoms with E-state index in [4.69, 9.17) is 4.74 Å². The summed E-state index contributed by atoms with van der Waals surface area (Å²) in [6, 6.07) is 19.9. The van der Waals surface area contributed by atoms with Gasteiger partial charge in [0.2, 0.25) is 0 Å². The van der Waals surface area contributed by atoms with E-state index in [1.54, 1.807) is 4.40 Å². The lowest BCUT2D eigenvalue weighted by molar-refractivity contribution is 0.317. The first kappa shape index (κ1) is 17.0. The Morgan fingerprint density at radius 2 is 1.89 bits per heavy atom. The van der Waals surface area contributed by atoms with Crippen LogP contribution in [0.15, 0.2) is 65.5 Å². The summed E-state index contributed by atoms with van der Waals surface area (Å²) >= 11 is 1.41. The van der Waals surface area contributed by atoms with E-state index in [9.17, 15) is 4.79 Å². The van der Waals surface area contributed by atoms with Crippen LogP contribution < -0.4 is 14.8 Å². The topological polar surface area (TPSA) is 43.6 Å². The molecule has 28 heavy (non-hydrogen) atoms. The predicted molar refractivity (Wildman–Crippen MR) is 115 cm³/mol. The van der Waals surface area contributed by atoms with Crippen molar-refractivity contribution in [2.24, 2.45) is 0 Å². The molecular weight excluding hydrogens is 368 g/mol. The van der Waals surface area contributed by atoms with Gasteiger partial charge in [-0.2, -0.15) is 0 Å². The number of fused-ring (bicyclic) bond motifs is 4. The smallest absolute Gasteiger partial charge is 0.274 e. The van der Waals surface area contributed by atoms with Crippen LogP contribution in [0.1, 0.15) is 18.9 Å². The van der Waals surface area contributed by atoms with Gasteiger partial charge in [-0.15, -0.1) is 0 Å². The number of aromatic nitrogens is 2. The molecule has 0 saturated carbocycles. The van der Waals surface area contributed by atoms with Crippen LogP contribution in [0.25, 0.3) is 32.8 Å². The molecule has 0 amide bonds. The van der Waals surface area contributed by atoms with Gasteiger partial charge in [-0.3, -0.25) is 4.79 Å². The number of hydrogen-bond donors (Lipinski definition) is 0. The highest BCUT2D eigenvalue weighted by molar-refractivity contribution is 7.15. The molecule has 0 aliphatic rings. The van der Waals surface area contributed by atoms with Crippen LogP contribution in [0.5, 0.6) is 5.75 Å². The van der Waals surface area contributed by atoms with E-state index in [2.05, 4.69) is 30.1 Å². The Bertz CT molecular complexity index is 1430. The summed E-state index contributed by atoms with van der Waals surface area (Å²) in [5, 5.41) is 2.20. The van der Waals surface area contributed by atoms with Gasteiger partial charge in [-0.05, 0) is 41.5 Å². The standard InChI is InChI=1S/C23H18N2O2S/c1-2-13-27-20-12-11-15-7-3-4-8-16(15)17(20)14-21-22(26)25-19-10-6-5-9-18(19)24-23(25)28-21/h3-12,14H,2,13H2,1H3. The maximum absolute atomic E-state index is 13.1. The van der Waals surface area contributed by atoms with Gasteiger partial charge in [0.25, 0.3) is 5.56 Å². The first-order valence-electron chi connectivity index (χ1n) is 9.32. The summed E-state index contributed by atoms with van der Waals surface area (Å²) in [5.74, 6) is 0.802. The maximum Gasteiger partial charge on any atom is 0.274 e. The van der Waals surface area contributed by atoms with E-state index in [0.29, 0.717) is 16.1 Å². The number of benzene rings is 3. The molecule has 0 fully saturated rings. The fourth-order valence-corrected chi connectivity index (χ4v) is 4.47. The molecule has 5 rings (SSSR count). The van der Waals surface area contributed by atoms with Crippen LogP contribution in [-0.4, -0.2) is 16.0 Å². The lowest BCUT2D eigenvalue weighted by atomic mass is 10.0. The Morgan fingerprint density at radius 1 is 1.07 bits per heavy atom. The summed E-state index contributed by atoms with van der Waals surface area (Å²) in [6.45, 7) is 2.72. The van der Waals surface area contributed by atoms with E-state index in [1.165, 1.54) is 11.3 Å². The zero-order valence-corrected chi connectivity index (χ0v) is 16.2. The minimum absolute atomic E-state index is 0.0388. The second-order valence-corrected chi connectivity index (χ2v) is 7.69. The normalized spacial score (nSPS) is 12.4. The molecule has 0 aliphatic carbocycles. The van der Waals surface area contributed by atoms with Crippen LogP contribution in [0.4, 0.5) is 0 Å². The highest BCUT2D eigenvalue weighted by Crippen LogP contribution is 2.29. The van der Waals surface area contributed by atoms with E-state index in [0.717, 1.165) is 39.5 Å². The summed E-state index contributed by atoms with van der Waals surface area (Å²) in [4.78, 5) is 18.4. The van der Waals surface area contributed by atoms with Crippen molar-refractivity contribution in [1.29, 1.82) is 0 Å². The molecule has 0 N–H and O–H groups in total. The van der Waals surface area contributed by atoms with Gasteiger partial charge in [0, 0.05) is 5.56 Å². The molecule has 138 valence electrons.